The standard InChI is InChI=1S/C29H33BrFN3O4S/c1-20-9-15-26(16-10-20)39(37,38)34(25-13-11-24(31)12-14-25)19-27(35)33(18-22-7-6-8-23(30)17-22)21(2)28(36)32-29(3,4)5/h6-17,21H,18-19H2,1-5H3,(H,32,36). The fourth-order valence-electron chi connectivity index (χ4n) is 3.86. The molecule has 3 rings (SSSR count). The molecule has 1 atom stereocenters. The molecule has 0 aliphatic rings. The number of benzene rings is 3. The normalized spacial score (nSPS) is 12.5. The molecule has 39 heavy (non-hydrogen) atoms. The van der Waals surface area contributed by atoms with Gasteiger partial charge in [0.25, 0.3) is 10.0 Å². The second kappa shape index (κ2) is 12.3. The minimum Gasteiger partial charge on any atom is -0.350 e. The SMILES string of the molecule is Cc1ccc(S(=O)(=O)N(CC(=O)N(Cc2cccc(Br)c2)C(C)C(=O)NC(C)(C)C)c2ccc(F)cc2)cc1. The van der Waals surface area contributed by atoms with E-state index >= 15 is 0 Å². The largest absolute Gasteiger partial charge is 0.350 e. The number of rotatable bonds is 9. The first-order valence-electron chi connectivity index (χ1n) is 12.4. The van der Waals surface area contributed by atoms with E-state index in [2.05, 4.69) is 21.2 Å². The molecule has 3 aromatic carbocycles. The van der Waals surface area contributed by atoms with Crippen molar-refractivity contribution in [2.45, 2.75) is 57.6 Å². The average molecular weight is 619 g/mol. The summed E-state index contributed by atoms with van der Waals surface area (Å²) < 4.78 is 43.0. The zero-order chi connectivity index (χ0) is 29.0. The first-order valence-corrected chi connectivity index (χ1v) is 14.6. The maximum Gasteiger partial charge on any atom is 0.264 e. The molecular weight excluding hydrogens is 585 g/mol. The third kappa shape index (κ3) is 8.12. The Labute approximate surface area is 238 Å². The van der Waals surface area contributed by atoms with Crippen molar-refractivity contribution in [2.75, 3.05) is 10.8 Å². The molecule has 10 heteroatoms. The van der Waals surface area contributed by atoms with Crippen molar-refractivity contribution in [1.82, 2.24) is 10.2 Å². The summed E-state index contributed by atoms with van der Waals surface area (Å²) in [5.74, 6) is -1.51. The van der Waals surface area contributed by atoms with Gasteiger partial charge in [-0.15, -0.1) is 0 Å². The number of hydrogen-bond acceptors (Lipinski definition) is 4. The molecule has 1 N–H and O–H groups in total. The molecule has 2 amide bonds. The molecule has 0 spiro atoms. The highest BCUT2D eigenvalue weighted by Crippen LogP contribution is 2.25. The van der Waals surface area contributed by atoms with Crippen LogP contribution in [0.1, 0.15) is 38.8 Å². The van der Waals surface area contributed by atoms with Crippen molar-refractivity contribution in [3.8, 4) is 0 Å². The fourth-order valence-corrected chi connectivity index (χ4v) is 5.72. The van der Waals surface area contributed by atoms with Gasteiger partial charge in [0.2, 0.25) is 11.8 Å². The van der Waals surface area contributed by atoms with E-state index in [1.54, 1.807) is 19.1 Å². The number of sulfonamides is 1. The van der Waals surface area contributed by atoms with E-state index in [1.807, 2.05) is 52.0 Å². The zero-order valence-corrected chi connectivity index (χ0v) is 25.0. The Kier molecular flexibility index (Phi) is 9.55. The van der Waals surface area contributed by atoms with Crippen LogP contribution in [0.2, 0.25) is 0 Å². The maximum atomic E-state index is 13.9. The molecule has 3 aromatic rings. The molecule has 0 radical (unpaired) electrons. The number of halogens is 2. The molecule has 1 unspecified atom stereocenters. The van der Waals surface area contributed by atoms with Crippen LogP contribution in [0, 0.1) is 12.7 Å². The summed E-state index contributed by atoms with van der Waals surface area (Å²) >= 11 is 3.43. The van der Waals surface area contributed by atoms with E-state index in [0.717, 1.165) is 32.0 Å². The van der Waals surface area contributed by atoms with Gasteiger partial charge in [0, 0.05) is 16.6 Å². The molecule has 0 aliphatic heterocycles. The van der Waals surface area contributed by atoms with E-state index in [9.17, 15) is 22.4 Å². The zero-order valence-electron chi connectivity index (χ0n) is 22.6. The lowest BCUT2D eigenvalue weighted by molar-refractivity contribution is -0.140. The van der Waals surface area contributed by atoms with Crippen LogP contribution in [0.15, 0.2) is 82.2 Å². The summed E-state index contributed by atoms with van der Waals surface area (Å²) in [6.07, 6.45) is 0. The van der Waals surface area contributed by atoms with Crippen LogP contribution < -0.4 is 9.62 Å². The molecule has 0 aromatic heterocycles. The Balaban J connectivity index is 2.03. The van der Waals surface area contributed by atoms with Crippen LogP contribution >= 0.6 is 15.9 Å². The molecule has 208 valence electrons. The first-order chi connectivity index (χ1) is 18.2. The van der Waals surface area contributed by atoms with E-state index in [1.165, 1.54) is 29.2 Å². The minimum absolute atomic E-state index is 0.0118. The fraction of sp³-hybridized carbons (Fsp3) is 0.310. The molecule has 0 saturated heterocycles. The van der Waals surface area contributed by atoms with Crippen molar-refractivity contribution in [3.05, 3.63) is 94.2 Å². The van der Waals surface area contributed by atoms with Crippen LogP contribution in [0.5, 0.6) is 0 Å². The van der Waals surface area contributed by atoms with E-state index in [4.69, 9.17) is 0 Å². The third-order valence-electron chi connectivity index (χ3n) is 5.91. The Hall–Kier alpha value is -3.24. The summed E-state index contributed by atoms with van der Waals surface area (Å²) in [7, 11) is -4.21. The van der Waals surface area contributed by atoms with Gasteiger partial charge < -0.3 is 10.2 Å². The quantitative estimate of drug-likeness (QED) is 0.347. The molecular formula is C29H33BrFN3O4S. The van der Waals surface area contributed by atoms with Crippen LogP contribution in [0.4, 0.5) is 10.1 Å². The number of amides is 2. The van der Waals surface area contributed by atoms with Gasteiger partial charge in [-0.3, -0.25) is 13.9 Å². The summed E-state index contributed by atoms with van der Waals surface area (Å²) in [5, 5.41) is 2.89. The van der Waals surface area contributed by atoms with Crippen LogP contribution in [0.25, 0.3) is 0 Å². The molecule has 0 saturated carbocycles. The van der Waals surface area contributed by atoms with Gasteiger partial charge in [0.1, 0.15) is 18.4 Å². The molecule has 7 nitrogen and oxygen atoms in total. The second-order valence-corrected chi connectivity index (χ2v) is 13.1. The second-order valence-electron chi connectivity index (χ2n) is 10.4. The van der Waals surface area contributed by atoms with Gasteiger partial charge in [0.05, 0.1) is 10.6 Å². The predicted molar refractivity (Wildman–Crippen MR) is 154 cm³/mol. The first kappa shape index (κ1) is 30.3. The smallest absolute Gasteiger partial charge is 0.264 e. The number of hydrogen-bond donors (Lipinski definition) is 1. The molecule has 0 aliphatic carbocycles. The van der Waals surface area contributed by atoms with E-state index in [0.29, 0.717) is 0 Å². The summed E-state index contributed by atoms with van der Waals surface area (Å²) in [6, 6.07) is 17.5. The van der Waals surface area contributed by atoms with Gasteiger partial charge in [-0.1, -0.05) is 45.8 Å². The number of nitrogens with zero attached hydrogens (tertiary/aromatic N) is 2. The minimum atomic E-state index is -4.21. The van der Waals surface area contributed by atoms with Crippen molar-refractivity contribution < 1.29 is 22.4 Å². The van der Waals surface area contributed by atoms with Gasteiger partial charge >= 0.3 is 0 Å². The Morgan fingerprint density at radius 1 is 1.00 bits per heavy atom. The Morgan fingerprint density at radius 2 is 1.62 bits per heavy atom. The van der Waals surface area contributed by atoms with Crippen molar-refractivity contribution in [3.63, 3.8) is 0 Å². The number of anilines is 1. The molecule has 0 fully saturated rings. The maximum absolute atomic E-state index is 13.9. The van der Waals surface area contributed by atoms with Gasteiger partial charge in [-0.2, -0.15) is 0 Å². The molecule has 0 bridgehead atoms. The predicted octanol–water partition coefficient (Wildman–Crippen LogP) is 5.42. The van der Waals surface area contributed by atoms with E-state index in [-0.39, 0.29) is 23.0 Å². The summed E-state index contributed by atoms with van der Waals surface area (Å²) in [6.45, 7) is 8.42. The number of nitrogens with one attached hydrogen (secondary N) is 1. The number of carbonyl (C=O) groups is 2. The lowest BCUT2D eigenvalue weighted by atomic mass is 10.1. The lowest BCUT2D eigenvalue weighted by Gasteiger charge is -2.33. The Bertz CT molecular complexity index is 1420. The highest BCUT2D eigenvalue weighted by atomic mass is 79.9. The number of aryl methyl sites for hydroxylation is 1. The highest BCUT2D eigenvalue weighted by Gasteiger charge is 2.33. The topological polar surface area (TPSA) is 86.8 Å². The van der Waals surface area contributed by atoms with Crippen LogP contribution in [-0.4, -0.2) is 43.3 Å². The average Bonchev–Trinajstić information content (AvgIpc) is 2.85. The van der Waals surface area contributed by atoms with E-state index < -0.39 is 39.9 Å². The summed E-state index contributed by atoms with van der Waals surface area (Å²) in [5.41, 5.74) is 1.21. The lowest BCUT2D eigenvalue weighted by Crippen LogP contribution is -2.54. The van der Waals surface area contributed by atoms with Crippen LogP contribution in [0.3, 0.4) is 0 Å². The highest BCUT2D eigenvalue weighted by molar-refractivity contribution is 9.10. The van der Waals surface area contributed by atoms with Crippen molar-refractivity contribution >= 4 is 43.5 Å². The van der Waals surface area contributed by atoms with Gasteiger partial charge in [0.15, 0.2) is 0 Å². The van der Waals surface area contributed by atoms with Gasteiger partial charge in [-0.05, 0) is 88.7 Å². The van der Waals surface area contributed by atoms with Gasteiger partial charge in [-0.25, -0.2) is 12.8 Å². The van der Waals surface area contributed by atoms with Crippen molar-refractivity contribution in [1.29, 1.82) is 0 Å². The molecule has 0 heterocycles. The van der Waals surface area contributed by atoms with Crippen molar-refractivity contribution in [2.24, 2.45) is 0 Å². The monoisotopic (exact) mass is 617 g/mol. The number of carbonyl (C=O) groups excluding carboxylic acids is 2. The third-order valence-corrected chi connectivity index (χ3v) is 8.19. The summed E-state index contributed by atoms with van der Waals surface area (Å²) in [4.78, 5) is 28.3. The Morgan fingerprint density at radius 3 is 2.18 bits per heavy atom. The van der Waals surface area contributed by atoms with Crippen LogP contribution in [-0.2, 0) is 26.2 Å².